The van der Waals surface area contributed by atoms with Gasteiger partial charge >= 0.3 is 11.9 Å². The molecular weight excluding hydrogens is 564 g/mol. The molecule has 1 aliphatic rings. The Morgan fingerprint density at radius 2 is 1.60 bits per heavy atom. The van der Waals surface area contributed by atoms with E-state index in [0.29, 0.717) is 37.7 Å². The average molecular weight is 591 g/mol. The molecule has 2 aromatic heterocycles. The second kappa shape index (κ2) is 11.9. The van der Waals surface area contributed by atoms with Crippen molar-refractivity contribution in [2.45, 2.75) is 13.0 Å². The van der Waals surface area contributed by atoms with Gasteiger partial charge in [0.1, 0.15) is 11.5 Å². The minimum Gasteiger partial charge on any atom is -0.465 e. The molecular formula is C34H26N2O6S. The van der Waals surface area contributed by atoms with Crippen molar-refractivity contribution >= 4 is 35.0 Å². The van der Waals surface area contributed by atoms with E-state index >= 15 is 0 Å². The predicted octanol–water partition coefficient (Wildman–Crippen LogP) is 4.98. The fourth-order valence-corrected chi connectivity index (χ4v) is 5.98. The molecule has 3 heterocycles. The van der Waals surface area contributed by atoms with Crippen LogP contribution in [0.3, 0.4) is 0 Å². The van der Waals surface area contributed by atoms with E-state index in [1.165, 1.54) is 18.4 Å². The predicted molar refractivity (Wildman–Crippen MR) is 163 cm³/mol. The summed E-state index contributed by atoms with van der Waals surface area (Å²) in [6, 6.07) is 28.5. The summed E-state index contributed by atoms with van der Waals surface area (Å²) in [5, 5.41) is 0. The molecule has 0 unspecified atom stereocenters. The minimum absolute atomic E-state index is 0.183. The van der Waals surface area contributed by atoms with Gasteiger partial charge in [0, 0.05) is 17.2 Å². The van der Waals surface area contributed by atoms with Crippen LogP contribution in [-0.2, 0) is 14.3 Å². The second-order valence-electron chi connectivity index (χ2n) is 9.61. The van der Waals surface area contributed by atoms with Gasteiger partial charge in [0.25, 0.3) is 5.56 Å². The lowest BCUT2D eigenvalue weighted by Crippen LogP contribution is -2.39. The zero-order valence-corrected chi connectivity index (χ0v) is 24.2. The van der Waals surface area contributed by atoms with Crippen LogP contribution in [0.2, 0.25) is 0 Å². The molecule has 3 aromatic carbocycles. The Balaban J connectivity index is 1.49. The van der Waals surface area contributed by atoms with Gasteiger partial charge in [-0.15, -0.1) is 0 Å². The zero-order valence-electron chi connectivity index (χ0n) is 23.4. The number of methoxy groups -OCH3 is 1. The van der Waals surface area contributed by atoms with Gasteiger partial charge in [0.2, 0.25) is 0 Å². The number of carbonyl (C=O) groups excluding carboxylic acids is 2. The number of hydrogen-bond acceptors (Lipinski definition) is 8. The van der Waals surface area contributed by atoms with Crippen molar-refractivity contribution in [3.05, 3.63) is 145 Å². The molecule has 43 heavy (non-hydrogen) atoms. The van der Waals surface area contributed by atoms with Gasteiger partial charge in [0.15, 0.2) is 4.80 Å². The molecule has 0 N–H and O–H groups in total. The van der Waals surface area contributed by atoms with Crippen LogP contribution in [0.15, 0.2) is 117 Å². The summed E-state index contributed by atoms with van der Waals surface area (Å²) in [6.07, 6.45) is 1.68. The van der Waals surface area contributed by atoms with Crippen LogP contribution in [0.5, 0.6) is 0 Å². The first-order chi connectivity index (χ1) is 21.0. The molecule has 0 saturated carbocycles. The topological polar surface area (TPSA) is 100 Å². The number of hydrogen-bond donors (Lipinski definition) is 0. The molecule has 0 bridgehead atoms. The SMILES string of the molecule is CCOC(=O)C1=C(c2ccccc2)N=c2s/c(=C\c3ccc(-c4ccc(C(=O)OC)cc4)o3)c(=O)n2[C@H]1c1ccccc1. The van der Waals surface area contributed by atoms with Gasteiger partial charge in [-0.25, -0.2) is 14.6 Å². The minimum atomic E-state index is -0.741. The van der Waals surface area contributed by atoms with Gasteiger partial charge in [0.05, 0.1) is 41.1 Å². The van der Waals surface area contributed by atoms with Crippen molar-refractivity contribution < 1.29 is 23.5 Å². The fraction of sp³-hybridized carbons (Fsp3) is 0.118. The molecule has 1 atom stereocenters. The Kier molecular flexibility index (Phi) is 7.72. The number of thiazole rings is 1. The molecule has 9 heteroatoms. The lowest BCUT2D eigenvalue weighted by atomic mass is 9.93. The van der Waals surface area contributed by atoms with Crippen molar-refractivity contribution in [1.82, 2.24) is 4.57 Å². The number of furan rings is 1. The number of ether oxygens (including phenoxy) is 2. The number of nitrogens with zero attached hydrogens (tertiary/aromatic N) is 2. The van der Waals surface area contributed by atoms with Gasteiger partial charge in [-0.05, 0) is 36.8 Å². The molecule has 1 aliphatic heterocycles. The third kappa shape index (κ3) is 5.38. The smallest absolute Gasteiger partial charge is 0.338 e. The van der Waals surface area contributed by atoms with Crippen LogP contribution in [0.1, 0.15) is 40.2 Å². The highest BCUT2D eigenvalue weighted by Gasteiger charge is 2.35. The number of fused-ring (bicyclic) bond motifs is 1. The van der Waals surface area contributed by atoms with Crippen LogP contribution in [-0.4, -0.2) is 30.2 Å². The van der Waals surface area contributed by atoms with E-state index in [1.807, 2.05) is 60.7 Å². The Bertz CT molecular complexity index is 2020. The van der Waals surface area contributed by atoms with Gasteiger partial charge in [-0.3, -0.25) is 9.36 Å². The molecule has 214 valence electrons. The monoisotopic (exact) mass is 590 g/mol. The van der Waals surface area contributed by atoms with Crippen LogP contribution in [0.25, 0.3) is 23.1 Å². The summed E-state index contributed by atoms with van der Waals surface area (Å²) >= 11 is 1.22. The molecule has 0 amide bonds. The highest BCUT2D eigenvalue weighted by Crippen LogP contribution is 2.35. The molecule has 0 aliphatic carbocycles. The number of aromatic nitrogens is 1. The lowest BCUT2D eigenvalue weighted by Gasteiger charge is -2.25. The zero-order chi connectivity index (χ0) is 29.9. The molecule has 0 fully saturated rings. The molecule has 0 radical (unpaired) electrons. The first-order valence-electron chi connectivity index (χ1n) is 13.6. The van der Waals surface area contributed by atoms with Crippen molar-refractivity contribution in [2.24, 2.45) is 4.99 Å². The summed E-state index contributed by atoms with van der Waals surface area (Å²) < 4.78 is 18.3. The maximum Gasteiger partial charge on any atom is 0.338 e. The Morgan fingerprint density at radius 3 is 2.28 bits per heavy atom. The maximum atomic E-state index is 14.0. The van der Waals surface area contributed by atoms with Crippen LogP contribution < -0.4 is 14.9 Å². The van der Waals surface area contributed by atoms with Crippen molar-refractivity contribution in [2.75, 3.05) is 13.7 Å². The third-order valence-electron chi connectivity index (χ3n) is 6.98. The van der Waals surface area contributed by atoms with Crippen LogP contribution >= 0.6 is 11.3 Å². The largest absolute Gasteiger partial charge is 0.465 e. The summed E-state index contributed by atoms with van der Waals surface area (Å²) in [6.45, 7) is 1.93. The lowest BCUT2D eigenvalue weighted by molar-refractivity contribution is -0.138. The molecule has 0 spiro atoms. The van der Waals surface area contributed by atoms with E-state index in [4.69, 9.17) is 18.9 Å². The van der Waals surface area contributed by atoms with Crippen molar-refractivity contribution in [3.63, 3.8) is 0 Å². The Labute approximate surface area is 250 Å². The Hall–Kier alpha value is -5.28. The van der Waals surface area contributed by atoms with E-state index in [9.17, 15) is 14.4 Å². The normalized spacial score (nSPS) is 14.7. The summed E-state index contributed by atoms with van der Waals surface area (Å²) in [7, 11) is 1.33. The molecule has 6 rings (SSSR count). The quantitative estimate of drug-likeness (QED) is 0.248. The van der Waals surface area contributed by atoms with E-state index < -0.39 is 18.0 Å². The number of carbonyl (C=O) groups is 2. The maximum absolute atomic E-state index is 14.0. The highest BCUT2D eigenvalue weighted by molar-refractivity contribution is 7.07. The van der Waals surface area contributed by atoms with Crippen molar-refractivity contribution in [3.8, 4) is 11.3 Å². The van der Waals surface area contributed by atoms with Crippen molar-refractivity contribution in [1.29, 1.82) is 0 Å². The molecule has 8 nitrogen and oxygen atoms in total. The fourth-order valence-electron chi connectivity index (χ4n) is 4.99. The van der Waals surface area contributed by atoms with Gasteiger partial charge in [-0.1, -0.05) is 84.1 Å². The number of esters is 2. The molecule has 0 saturated heterocycles. The van der Waals surface area contributed by atoms with E-state index in [2.05, 4.69) is 0 Å². The van der Waals surface area contributed by atoms with Crippen LogP contribution in [0, 0.1) is 0 Å². The van der Waals surface area contributed by atoms with Gasteiger partial charge in [-0.2, -0.15) is 0 Å². The van der Waals surface area contributed by atoms with E-state index in [1.54, 1.807) is 54.0 Å². The summed E-state index contributed by atoms with van der Waals surface area (Å²) in [4.78, 5) is 44.6. The van der Waals surface area contributed by atoms with Crippen LogP contribution in [0.4, 0.5) is 0 Å². The standard InChI is InChI=1S/C34H26N2O6S/c1-3-41-33(39)28-29(22-10-6-4-7-11-22)35-34-36(30(28)23-12-8-5-9-13-23)31(37)27(43-34)20-25-18-19-26(42-25)21-14-16-24(17-15-21)32(38)40-2/h4-20,30H,3H2,1-2H3/b27-20-/t30-/m0/s1. The summed E-state index contributed by atoms with van der Waals surface area (Å²) in [5.41, 5.74) is 3.18. The number of rotatable bonds is 7. The third-order valence-corrected chi connectivity index (χ3v) is 7.96. The second-order valence-corrected chi connectivity index (χ2v) is 10.6. The average Bonchev–Trinajstić information content (AvgIpc) is 3.64. The first-order valence-corrected chi connectivity index (χ1v) is 14.4. The van der Waals surface area contributed by atoms with E-state index in [-0.39, 0.29) is 12.2 Å². The van der Waals surface area contributed by atoms with Gasteiger partial charge < -0.3 is 13.9 Å². The highest BCUT2D eigenvalue weighted by atomic mass is 32.1. The first kappa shape index (κ1) is 27.9. The molecule has 5 aromatic rings. The van der Waals surface area contributed by atoms with E-state index in [0.717, 1.165) is 16.7 Å². The summed E-state index contributed by atoms with van der Waals surface area (Å²) in [5.74, 6) is 0.106. The number of benzene rings is 3. The Morgan fingerprint density at radius 1 is 0.907 bits per heavy atom.